The molecule has 5 fully saturated rings. The predicted molar refractivity (Wildman–Crippen MR) is 139 cm³/mol. The molecule has 0 aromatic heterocycles. The van der Waals surface area contributed by atoms with Gasteiger partial charge in [0.2, 0.25) is 0 Å². The van der Waals surface area contributed by atoms with E-state index in [4.69, 9.17) is 18.9 Å². The lowest BCUT2D eigenvalue weighted by atomic mass is 9.43. The van der Waals surface area contributed by atoms with Gasteiger partial charge in [-0.15, -0.1) is 0 Å². The number of aliphatic hydroxyl groups excluding tert-OH is 3. The van der Waals surface area contributed by atoms with E-state index in [-0.39, 0.29) is 35.9 Å². The lowest BCUT2D eigenvalue weighted by Crippen LogP contribution is -2.62. The fraction of sp³-hybridized carbons (Fsp3) is 0.900. The zero-order valence-electron chi connectivity index (χ0n) is 23.6. The number of fused-ring (bicyclic) bond motifs is 5. The molecule has 0 bridgehead atoms. The number of carbonyl (C=O) groups excluding carboxylic acids is 1. The van der Waals surface area contributed by atoms with Crippen LogP contribution in [0.15, 0.2) is 11.6 Å². The molecular formula is C30H46O9. The van der Waals surface area contributed by atoms with Crippen LogP contribution in [0.5, 0.6) is 0 Å². The lowest BCUT2D eigenvalue weighted by molar-refractivity contribution is -0.313. The molecule has 0 radical (unpaired) electrons. The Morgan fingerprint density at radius 3 is 2.49 bits per heavy atom. The summed E-state index contributed by atoms with van der Waals surface area (Å²) in [6, 6.07) is 0. The number of ether oxygens (including phenoxy) is 4. The minimum absolute atomic E-state index is 0.0547. The summed E-state index contributed by atoms with van der Waals surface area (Å²) < 4.78 is 22.7. The number of methoxy groups -OCH3 is 1. The van der Waals surface area contributed by atoms with E-state index in [0.717, 1.165) is 50.5 Å². The summed E-state index contributed by atoms with van der Waals surface area (Å²) in [5.74, 6) is 0.260. The van der Waals surface area contributed by atoms with Crippen LogP contribution in [0.2, 0.25) is 0 Å². The molecule has 0 amide bonds. The van der Waals surface area contributed by atoms with Crippen molar-refractivity contribution >= 4 is 5.97 Å². The van der Waals surface area contributed by atoms with Gasteiger partial charge in [-0.1, -0.05) is 13.8 Å². The highest BCUT2D eigenvalue weighted by Crippen LogP contribution is 2.70. The van der Waals surface area contributed by atoms with E-state index in [1.807, 2.05) is 0 Å². The molecule has 220 valence electrons. The molecule has 9 heteroatoms. The molecule has 0 spiro atoms. The molecule has 0 aromatic rings. The number of esters is 1. The zero-order valence-corrected chi connectivity index (χ0v) is 23.6. The maximum absolute atomic E-state index is 12.4. The number of carbonyl (C=O) groups is 1. The summed E-state index contributed by atoms with van der Waals surface area (Å²) in [6.45, 7) is 6.48. The van der Waals surface area contributed by atoms with Crippen LogP contribution in [0.3, 0.4) is 0 Å². The number of rotatable bonds is 4. The standard InChI is InChI=1S/C30H46O9/c1-15-24(33)26(36-4)25(34)27(38-15)39-18-7-9-28(2)17(12-18)5-6-20-19(28)8-10-29(3)23(16-11-22(32)37-14-16)21(31)13-30(20,29)35/h11,15,17-21,23-27,31,33-35H,5-10,12-14H2,1-4H3/t15-,17+,18-,19-,20+,21-,23-,24-,25+,26-,27-,28-,29+,30-/m0/s1. The third-order valence-electron chi connectivity index (χ3n) is 12.3. The molecule has 4 saturated carbocycles. The molecule has 39 heavy (non-hydrogen) atoms. The highest BCUT2D eigenvalue weighted by atomic mass is 16.7. The van der Waals surface area contributed by atoms with Gasteiger partial charge in [-0.25, -0.2) is 4.79 Å². The van der Waals surface area contributed by atoms with E-state index in [2.05, 4.69) is 13.8 Å². The molecule has 6 rings (SSSR count). The highest BCUT2D eigenvalue weighted by molar-refractivity contribution is 5.85. The van der Waals surface area contributed by atoms with Gasteiger partial charge in [-0.2, -0.15) is 0 Å². The Morgan fingerprint density at radius 2 is 1.79 bits per heavy atom. The topological polar surface area (TPSA) is 135 Å². The van der Waals surface area contributed by atoms with Gasteiger partial charge in [-0.3, -0.25) is 0 Å². The van der Waals surface area contributed by atoms with Crippen molar-refractivity contribution in [2.75, 3.05) is 13.7 Å². The normalized spacial score (nSPS) is 55.3. The quantitative estimate of drug-likeness (QED) is 0.307. The Hall–Kier alpha value is -1.07. The fourth-order valence-electron chi connectivity index (χ4n) is 10.2. The summed E-state index contributed by atoms with van der Waals surface area (Å²) in [7, 11) is 1.48. The maximum Gasteiger partial charge on any atom is 0.331 e. The first kappa shape index (κ1) is 28.1. The van der Waals surface area contributed by atoms with E-state index in [1.165, 1.54) is 13.2 Å². The first-order valence-electron chi connectivity index (χ1n) is 14.9. The number of cyclic esters (lactones) is 1. The van der Waals surface area contributed by atoms with Crippen molar-refractivity contribution in [3.63, 3.8) is 0 Å². The van der Waals surface area contributed by atoms with Crippen molar-refractivity contribution in [3.8, 4) is 0 Å². The first-order chi connectivity index (χ1) is 18.4. The average molecular weight is 551 g/mol. The molecule has 4 N–H and O–H groups in total. The Bertz CT molecular complexity index is 1000. The molecule has 0 aromatic carbocycles. The van der Waals surface area contributed by atoms with E-state index in [0.29, 0.717) is 18.3 Å². The molecule has 2 heterocycles. The van der Waals surface area contributed by atoms with E-state index in [9.17, 15) is 25.2 Å². The molecule has 4 aliphatic carbocycles. The first-order valence-corrected chi connectivity index (χ1v) is 14.9. The fourth-order valence-corrected chi connectivity index (χ4v) is 10.2. The summed E-state index contributed by atoms with van der Waals surface area (Å²) >= 11 is 0. The summed E-state index contributed by atoms with van der Waals surface area (Å²) in [4.78, 5) is 11.8. The van der Waals surface area contributed by atoms with E-state index >= 15 is 0 Å². The third kappa shape index (κ3) is 4.09. The highest BCUT2D eigenvalue weighted by Gasteiger charge is 2.70. The molecule has 1 saturated heterocycles. The minimum Gasteiger partial charge on any atom is -0.458 e. The van der Waals surface area contributed by atoms with Crippen LogP contribution in [0.4, 0.5) is 0 Å². The van der Waals surface area contributed by atoms with Crippen molar-refractivity contribution in [1.82, 2.24) is 0 Å². The van der Waals surface area contributed by atoms with Crippen LogP contribution < -0.4 is 0 Å². The second-order valence-corrected chi connectivity index (χ2v) is 13.9. The maximum atomic E-state index is 12.4. The Balaban J connectivity index is 1.17. The Kier molecular flexibility index (Phi) is 7.02. The molecule has 9 nitrogen and oxygen atoms in total. The van der Waals surface area contributed by atoms with Crippen molar-refractivity contribution < 1.29 is 44.2 Å². The van der Waals surface area contributed by atoms with Crippen LogP contribution in [-0.4, -0.2) is 88.6 Å². The minimum atomic E-state index is -1.06. The number of aliphatic hydroxyl groups is 4. The van der Waals surface area contributed by atoms with Crippen molar-refractivity contribution in [3.05, 3.63) is 11.6 Å². The van der Waals surface area contributed by atoms with E-state index in [1.54, 1.807) is 6.92 Å². The van der Waals surface area contributed by atoms with Gasteiger partial charge in [-0.05, 0) is 80.6 Å². The largest absolute Gasteiger partial charge is 0.458 e. The molecule has 6 aliphatic rings. The van der Waals surface area contributed by atoms with Gasteiger partial charge in [0.25, 0.3) is 0 Å². The predicted octanol–water partition coefficient (Wildman–Crippen LogP) is 2.08. The van der Waals surface area contributed by atoms with Gasteiger partial charge >= 0.3 is 5.97 Å². The van der Waals surface area contributed by atoms with Gasteiger partial charge < -0.3 is 39.4 Å². The number of hydrogen-bond donors (Lipinski definition) is 4. The number of hydrogen-bond acceptors (Lipinski definition) is 9. The molecule has 14 atom stereocenters. The van der Waals surface area contributed by atoms with E-state index < -0.39 is 47.8 Å². The van der Waals surface area contributed by atoms with Gasteiger partial charge in [0, 0.05) is 30.9 Å². The van der Waals surface area contributed by atoms with Crippen LogP contribution in [0.25, 0.3) is 0 Å². The monoisotopic (exact) mass is 550 g/mol. The summed E-state index contributed by atoms with van der Waals surface area (Å²) in [6.07, 6.45) is 3.40. The SMILES string of the molecule is CO[C@H]1[C@@H](O)[C@H](C)O[C@@H](O[C@H]2CC[C@@]3(C)[C@H](CC[C@@H]4[C@@H]3CC[C@]3(C)[C@@H](C5=CC(=O)OC5)[C@@H](O)C[C@]43O)C2)[C@@H]1O. The van der Waals surface area contributed by atoms with Crippen molar-refractivity contribution in [1.29, 1.82) is 0 Å². The van der Waals surface area contributed by atoms with Crippen molar-refractivity contribution in [2.45, 2.75) is 121 Å². The Morgan fingerprint density at radius 1 is 1.03 bits per heavy atom. The second-order valence-electron chi connectivity index (χ2n) is 13.9. The van der Waals surface area contributed by atoms with Gasteiger partial charge in [0.1, 0.15) is 24.9 Å². The third-order valence-corrected chi connectivity index (χ3v) is 12.3. The van der Waals surface area contributed by atoms with Crippen LogP contribution in [0, 0.1) is 34.5 Å². The second kappa shape index (κ2) is 9.75. The molecule has 0 unspecified atom stereocenters. The molecular weight excluding hydrogens is 504 g/mol. The van der Waals surface area contributed by atoms with Crippen LogP contribution in [0.1, 0.15) is 72.1 Å². The van der Waals surface area contributed by atoms with Gasteiger partial charge in [0.15, 0.2) is 6.29 Å². The lowest BCUT2D eigenvalue weighted by Gasteiger charge is -2.63. The smallest absolute Gasteiger partial charge is 0.331 e. The van der Waals surface area contributed by atoms with Crippen LogP contribution >= 0.6 is 0 Å². The zero-order chi connectivity index (χ0) is 27.9. The van der Waals surface area contributed by atoms with Crippen LogP contribution in [-0.2, 0) is 23.7 Å². The molecule has 2 aliphatic heterocycles. The Labute approximate surface area is 230 Å². The summed E-state index contributed by atoms with van der Waals surface area (Å²) in [5, 5.41) is 44.7. The van der Waals surface area contributed by atoms with Crippen molar-refractivity contribution in [2.24, 2.45) is 34.5 Å². The van der Waals surface area contributed by atoms with Gasteiger partial charge in [0.05, 0.1) is 23.9 Å². The average Bonchev–Trinajstić information content (AvgIpc) is 3.39. The summed E-state index contributed by atoms with van der Waals surface area (Å²) in [5.41, 5.74) is -0.601.